The van der Waals surface area contributed by atoms with E-state index < -0.39 is 0 Å². The molecule has 4 heteroatoms. The summed E-state index contributed by atoms with van der Waals surface area (Å²) in [5, 5.41) is 9.80. The van der Waals surface area contributed by atoms with Crippen molar-refractivity contribution in [2.45, 2.75) is 19.4 Å². The molecule has 2 aliphatic rings. The zero-order chi connectivity index (χ0) is 13.8. The van der Waals surface area contributed by atoms with Gasteiger partial charge in [0.25, 0.3) is 0 Å². The van der Waals surface area contributed by atoms with E-state index >= 15 is 0 Å². The number of ether oxygens (including phenoxy) is 2. The largest absolute Gasteiger partial charge is 0.492 e. The summed E-state index contributed by atoms with van der Waals surface area (Å²) in [6.07, 6.45) is 2.09. The standard InChI is InChI=1S/C16H23NO3/c18-12-16(6-3-8-19-13-16)11-17-7-9-20-15-5-2-1-4-14(15)10-17/h1-2,4-5,18H,3,6-13H2. The SMILES string of the molecule is OCC1(CN2CCOc3ccccc3C2)CCCOC1. The maximum Gasteiger partial charge on any atom is 0.123 e. The van der Waals surface area contributed by atoms with Crippen molar-refractivity contribution in [3.05, 3.63) is 29.8 Å². The Hall–Kier alpha value is -1.10. The monoisotopic (exact) mass is 277 g/mol. The predicted octanol–water partition coefficient (Wildman–Crippen LogP) is 1.67. The first-order chi connectivity index (χ1) is 9.81. The highest BCUT2D eigenvalue weighted by Crippen LogP contribution is 2.31. The van der Waals surface area contributed by atoms with Crippen LogP contribution in [0.5, 0.6) is 5.75 Å². The van der Waals surface area contributed by atoms with Crippen LogP contribution in [0, 0.1) is 5.41 Å². The number of fused-ring (bicyclic) bond motifs is 1. The highest BCUT2D eigenvalue weighted by molar-refractivity contribution is 5.33. The van der Waals surface area contributed by atoms with Gasteiger partial charge in [-0.15, -0.1) is 0 Å². The summed E-state index contributed by atoms with van der Waals surface area (Å²) < 4.78 is 11.4. The number of aliphatic hydroxyl groups is 1. The molecule has 0 radical (unpaired) electrons. The average molecular weight is 277 g/mol. The van der Waals surface area contributed by atoms with Gasteiger partial charge in [0.15, 0.2) is 0 Å². The normalized spacial score (nSPS) is 27.4. The van der Waals surface area contributed by atoms with Crippen molar-refractivity contribution in [3.8, 4) is 5.75 Å². The minimum Gasteiger partial charge on any atom is -0.492 e. The minimum atomic E-state index is -0.0997. The van der Waals surface area contributed by atoms with Gasteiger partial charge in [-0.25, -0.2) is 0 Å². The van der Waals surface area contributed by atoms with E-state index in [0.29, 0.717) is 13.2 Å². The third-order valence-electron chi connectivity index (χ3n) is 4.33. The molecule has 3 rings (SSSR count). The Kier molecular flexibility index (Phi) is 4.24. The molecule has 1 fully saturated rings. The van der Waals surface area contributed by atoms with Gasteiger partial charge in [-0.1, -0.05) is 18.2 Å². The second kappa shape index (κ2) is 6.12. The highest BCUT2D eigenvalue weighted by atomic mass is 16.5. The molecule has 2 aliphatic heterocycles. The Bertz CT molecular complexity index is 443. The summed E-state index contributed by atoms with van der Waals surface area (Å²) in [7, 11) is 0. The Morgan fingerprint density at radius 3 is 2.95 bits per heavy atom. The van der Waals surface area contributed by atoms with Crippen molar-refractivity contribution in [1.29, 1.82) is 0 Å². The number of aliphatic hydroxyl groups excluding tert-OH is 1. The number of para-hydroxylation sites is 1. The van der Waals surface area contributed by atoms with Crippen molar-refractivity contribution >= 4 is 0 Å². The third kappa shape index (κ3) is 2.97. The quantitative estimate of drug-likeness (QED) is 0.912. The molecule has 20 heavy (non-hydrogen) atoms. The lowest BCUT2D eigenvalue weighted by atomic mass is 9.82. The summed E-state index contributed by atoms with van der Waals surface area (Å²) >= 11 is 0. The molecule has 110 valence electrons. The van der Waals surface area contributed by atoms with E-state index in [9.17, 15) is 5.11 Å². The van der Waals surface area contributed by atoms with E-state index in [4.69, 9.17) is 9.47 Å². The maximum atomic E-state index is 9.80. The topological polar surface area (TPSA) is 41.9 Å². The van der Waals surface area contributed by atoms with Crippen LogP contribution in [0.2, 0.25) is 0 Å². The van der Waals surface area contributed by atoms with Crippen molar-refractivity contribution < 1.29 is 14.6 Å². The fraction of sp³-hybridized carbons (Fsp3) is 0.625. The Balaban J connectivity index is 1.71. The lowest BCUT2D eigenvalue weighted by molar-refractivity contribution is -0.0567. The first-order valence-corrected chi connectivity index (χ1v) is 7.43. The molecular weight excluding hydrogens is 254 g/mol. The van der Waals surface area contributed by atoms with E-state index in [1.165, 1.54) is 5.56 Å². The van der Waals surface area contributed by atoms with Gasteiger partial charge >= 0.3 is 0 Å². The molecule has 0 spiro atoms. The highest BCUT2D eigenvalue weighted by Gasteiger charge is 2.34. The molecule has 0 aromatic heterocycles. The van der Waals surface area contributed by atoms with Crippen molar-refractivity contribution in [2.24, 2.45) is 5.41 Å². The first-order valence-electron chi connectivity index (χ1n) is 7.43. The maximum absolute atomic E-state index is 9.80. The molecule has 1 N–H and O–H groups in total. The van der Waals surface area contributed by atoms with Gasteiger partial charge in [0.1, 0.15) is 12.4 Å². The molecule has 0 aliphatic carbocycles. The Morgan fingerprint density at radius 2 is 2.15 bits per heavy atom. The van der Waals surface area contributed by atoms with Crippen LogP contribution in [0.1, 0.15) is 18.4 Å². The molecule has 0 bridgehead atoms. The molecule has 0 saturated carbocycles. The summed E-state index contributed by atoms with van der Waals surface area (Å²) in [5.41, 5.74) is 1.13. The molecule has 1 atom stereocenters. The molecule has 2 heterocycles. The molecule has 0 amide bonds. The lowest BCUT2D eigenvalue weighted by Crippen LogP contribution is -2.45. The fourth-order valence-corrected chi connectivity index (χ4v) is 3.20. The van der Waals surface area contributed by atoms with E-state index in [0.717, 1.165) is 44.8 Å². The third-order valence-corrected chi connectivity index (χ3v) is 4.33. The van der Waals surface area contributed by atoms with Gasteiger partial charge in [-0.3, -0.25) is 4.90 Å². The van der Waals surface area contributed by atoms with Crippen LogP contribution < -0.4 is 4.74 Å². The van der Waals surface area contributed by atoms with Gasteiger partial charge < -0.3 is 14.6 Å². The van der Waals surface area contributed by atoms with Crippen molar-refractivity contribution in [3.63, 3.8) is 0 Å². The van der Waals surface area contributed by atoms with Crippen LogP contribution in [0.4, 0.5) is 0 Å². The zero-order valence-electron chi connectivity index (χ0n) is 11.9. The van der Waals surface area contributed by atoms with Crippen LogP contribution in [0.15, 0.2) is 24.3 Å². The van der Waals surface area contributed by atoms with E-state index in [2.05, 4.69) is 17.0 Å². The molecule has 1 aromatic rings. The van der Waals surface area contributed by atoms with Gasteiger partial charge in [-0.05, 0) is 18.9 Å². The van der Waals surface area contributed by atoms with E-state index in [-0.39, 0.29) is 12.0 Å². The van der Waals surface area contributed by atoms with Gasteiger partial charge in [0.2, 0.25) is 0 Å². The molecule has 1 unspecified atom stereocenters. The average Bonchev–Trinajstić information content (AvgIpc) is 2.69. The number of nitrogens with zero attached hydrogens (tertiary/aromatic N) is 1. The smallest absolute Gasteiger partial charge is 0.123 e. The molecule has 1 saturated heterocycles. The van der Waals surface area contributed by atoms with Gasteiger partial charge in [-0.2, -0.15) is 0 Å². The number of hydrogen-bond acceptors (Lipinski definition) is 4. The second-order valence-electron chi connectivity index (χ2n) is 5.98. The minimum absolute atomic E-state index is 0.0997. The predicted molar refractivity (Wildman–Crippen MR) is 76.8 cm³/mol. The van der Waals surface area contributed by atoms with Crippen molar-refractivity contribution in [2.75, 3.05) is 39.5 Å². The Morgan fingerprint density at radius 1 is 1.25 bits per heavy atom. The van der Waals surface area contributed by atoms with Crippen LogP contribution in [0.25, 0.3) is 0 Å². The molecule has 1 aromatic carbocycles. The van der Waals surface area contributed by atoms with E-state index in [1.807, 2.05) is 12.1 Å². The first kappa shape index (κ1) is 13.9. The summed E-state index contributed by atoms with van der Waals surface area (Å²) in [6.45, 7) is 5.07. The summed E-state index contributed by atoms with van der Waals surface area (Å²) in [4.78, 5) is 2.39. The lowest BCUT2D eigenvalue weighted by Gasteiger charge is -2.39. The molecular formula is C16H23NO3. The van der Waals surface area contributed by atoms with Crippen LogP contribution in [-0.4, -0.2) is 49.5 Å². The van der Waals surface area contributed by atoms with Gasteiger partial charge in [0.05, 0.1) is 13.2 Å². The van der Waals surface area contributed by atoms with Crippen LogP contribution in [-0.2, 0) is 11.3 Å². The fourth-order valence-electron chi connectivity index (χ4n) is 3.20. The van der Waals surface area contributed by atoms with Crippen LogP contribution >= 0.6 is 0 Å². The zero-order valence-corrected chi connectivity index (χ0v) is 11.9. The van der Waals surface area contributed by atoms with Crippen LogP contribution in [0.3, 0.4) is 0 Å². The number of benzene rings is 1. The number of rotatable bonds is 3. The van der Waals surface area contributed by atoms with Crippen molar-refractivity contribution in [1.82, 2.24) is 4.90 Å². The van der Waals surface area contributed by atoms with Gasteiger partial charge in [0, 0.05) is 37.2 Å². The second-order valence-corrected chi connectivity index (χ2v) is 5.98. The summed E-state index contributed by atoms with van der Waals surface area (Å²) in [6, 6.07) is 8.22. The number of hydrogen-bond donors (Lipinski definition) is 1. The van der Waals surface area contributed by atoms with E-state index in [1.54, 1.807) is 0 Å². The molecule has 4 nitrogen and oxygen atoms in total. The summed E-state index contributed by atoms with van der Waals surface area (Å²) in [5.74, 6) is 0.993. The Labute approximate surface area is 120 Å².